The Morgan fingerprint density at radius 2 is 2.36 bits per heavy atom. The first kappa shape index (κ1) is 10.9. The summed E-state index contributed by atoms with van der Waals surface area (Å²) >= 11 is 1.60. The molecule has 0 unspecified atom stereocenters. The molecule has 0 aliphatic carbocycles. The average Bonchev–Trinajstić information content (AvgIpc) is 2.17. The molecule has 0 saturated heterocycles. The van der Waals surface area contributed by atoms with Crippen molar-refractivity contribution >= 4 is 23.4 Å². The van der Waals surface area contributed by atoms with Crippen LogP contribution >= 0.6 is 11.8 Å². The van der Waals surface area contributed by atoms with Crippen LogP contribution in [0.3, 0.4) is 0 Å². The van der Waals surface area contributed by atoms with Crippen molar-refractivity contribution in [2.24, 2.45) is 0 Å². The van der Waals surface area contributed by atoms with E-state index in [1.165, 1.54) is 7.11 Å². The van der Waals surface area contributed by atoms with E-state index in [0.717, 1.165) is 16.3 Å². The van der Waals surface area contributed by atoms with Gasteiger partial charge in [-0.2, -0.15) is 0 Å². The Balaban J connectivity index is 2.35. The van der Waals surface area contributed by atoms with E-state index in [1.807, 2.05) is 24.3 Å². The molecule has 0 heterocycles. The van der Waals surface area contributed by atoms with Crippen molar-refractivity contribution in [3.05, 3.63) is 24.3 Å². The number of nitrogens with two attached hydrogens (primary N) is 1. The molecule has 2 N–H and O–H groups in total. The smallest absolute Gasteiger partial charge is 0.306 e. The van der Waals surface area contributed by atoms with Crippen molar-refractivity contribution in [1.82, 2.24) is 0 Å². The van der Waals surface area contributed by atoms with Crippen LogP contribution in [0.2, 0.25) is 0 Å². The monoisotopic (exact) mass is 211 g/mol. The van der Waals surface area contributed by atoms with Crippen molar-refractivity contribution in [3.63, 3.8) is 0 Å². The lowest BCUT2D eigenvalue weighted by atomic mass is 10.3. The van der Waals surface area contributed by atoms with Crippen LogP contribution < -0.4 is 5.73 Å². The third-order valence-electron chi connectivity index (χ3n) is 1.66. The first-order chi connectivity index (χ1) is 6.72. The van der Waals surface area contributed by atoms with E-state index in [9.17, 15) is 4.79 Å². The minimum absolute atomic E-state index is 0.179. The minimum Gasteiger partial charge on any atom is -0.469 e. The number of nitrogen functional groups attached to an aromatic ring is 1. The topological polar surface area (TPSA) is 52.3 Å². The van der Waals surface area contributed by atoms with Crippen molar-refractivity contribution in [1.29, 1.82) is 0 Å². The van der Waals surface area contributed by atoms with Gasteiger partial charge >= 0.3 is 5.97 Å². The summed E-state index contributed by atoms with van der Waals surface area (Å²) in [5, 5.41) is 0. The van der Waals surface area contributed by atoms with Gasteiger partial charge in [0.1, 0.15) is 0 Å². The third-order valence-corrected chi connectivity index (χ3v) is 2.66. The molecule has 0 aromatic heterocycles. The lowest BCUT2D eigenvalue weighted by Gasteiger charge is -2.01. The Labute approximate surface area is 87.6 Å². The van der Waals surface area contributed by atoms with E-state index >= 15 is 0 Å². The van der Waals surface area contributed by atoms with Gasteiger partial charge in [-0.25, -0.2) is 0 Å². The number of thioether (sulfide) groups is 1. The number of anilines is 1. The summed E-state index contributed by atoms with van der Waals surface area (Å²) in [5.74, 6) is 0.539. The highest BCUT2D eigenvalue weighted by Gasteiger charge is 2.00. The molecule has 4 heteroatoms. The standard InChI is InChI=1S/C10H13NO2S/c1-13-10(12)5-6-14-9-4-2-3-8(11)7-9/h2-4,7H,5-6,11H2,1H3. The van der Waals surface area contributed by atoms with Crippen LogP contribution in [0.1, 0.15) is 6.42 Å². The van der Waals surface area contributed by atoms with Gasteiger partial charge in [-0.05, 0) is 18.2 Å². The van der Waals surface area contributed by atoms with E-state index in [4.69, 9.17) is 5.73 Å². The van der Waals surface area contributed by atoms with Gasteiger partial charge in [0.05, 0.1) is 13.5 Å². The van der Waals surface area contributed by atoms with Crippen LogP contribution in [0.25, 0.3) is 0 Å². The zero-order valence-electron chi connectivity index (χ0n) is 8.03. The molecule has 1 aromatic carbocycles. The van der Waals surface area contributed by atoms with Gasteiger partial charge in [0, 0.05) is 16.3 Å². The number of hydrogen-bond donors (Lipinski definition) is 1. The normalized spacial score (nSPS) is 9.79. The summed E-state index contributed by atoms with van der Waals surface area (Å²) < 4.78 is 4.53. The number of ether oxygens (including phenoxy) is 1. The van der Waals surface area contributed by atoms with Crippen LogP contribution in [0.15, 0.2) is 29.2 Å². The second-order valence-corrected chi connectivity index (χ2v) is 3.92. The Morgan fingerprint density at radius 3 is 3.00 bits per heavy atom. The number of hydrogen-bond acceptors (Lipinski definition) is 4. The van der Waals surface area contributed by atoms with Crippen LogP contribution in [0, 0.1) is 0 Å². The number of carbonyl (C=O) groups is 1. The second kappa shape index (κ2) is 5.54. The summed E-state index contributed by atoms with van der Waals surface area (Å²) in [7, 11) is 1.40. The van der Waals surface area contributed by atoms with Crippen LogP contribution in [0.4, 0.5) is 5.69 Å². The first-order valence-electron chi connectivity index (χ1n) is 4.27. The van der Waals surface area contributed by atoms with Gasteiger partial charge in [-0.15, -0.1) is 11.8 Å². The maximum atomic E-state index is 10.8. The largest absolute Gasteiger partial charge is 0.469 e. The van der Waals surface area contributed by atoms with Crippen molar-refractivity contribution < 1.29 is 9.53 Å². The highest BCUT2D eigenvalue weighted by molar-refractivity contribution is 7.99. The summed E-state index contributed by atoms with van der Waals surface area (Å²) in [6.07, 6.45) is 0.427. The SMILES string of the molecule is COC(=O)CCSc1cccc(N)c1. The Hall–Kier alpha value is -1.16. The summed E-state index contributed by atoms with van der Waals surface area (Å²) in [6.45, 7) is 0. The maximum absolute atomic E-state index is 10.8. The molecule has 0 bridgehead atoms. The van der Waals surface area contributed by atoms with Gasteiger partial charge in [0.2, 0.25) is 0 Å². The number of esters is 1. The Kier molecular flexibility index (Phi) is 4.32. The van der Waals surface area contributed by atoms with Gasteiger partial charge in [-0.1, -0.05) is 6.07 Å². The fraction of sp³-hybridized carbons (Fsp3) is 0.300. The van der Waals surface area contributed by atoms with Crippen LogP contribution in [-0.2, 0) is 9.53 Å². The number of methoxy groups -OCH3 is 1. The predicted octanol–water partition coefficient (Wildman–Crippen LogP) is 1.92. The fourth-order valence-corrected chi connectivity index (χ4v) is 1.86. The van der Waals surface area contributed by atoms with Crippen molar-refractivity contribution in [2.75, 3.05) is 18.6 Å². The quantitative estimate of drug-likeness (QED) is 0.469. The highest BCUT2D eigenvalue weighted by atomic mass is 32.2. The molecular formula is C10H13NO2S. The molecule has 0 aliphatic heterocycles. The van der Waals surface area contributed by atoms with Gasteiger partial charge in [0.25, 0.3) is 0 Å². The summed E-state index contributed by atoms with van der Waals surface area (Å²) in [4.78, 5) is 11.9. The molecule has 3 nitrogen and oxygen atoms in total. The van der Waals surface area contributed by atoms with E-state index < -0.39 is 0 Å². The zero-order chi connectivity index (χ0) is 10.4. The van der Waals surface area contributed by atoms with Gasteiger partial charge in [-0.3, -0.25) is 4.79 Å². The lowest BCUT2D eigenvalue weighted by Crippen LogP contribution is -2.00. The average molecular weight is 211 g/mol. The first-order valence-corrected chi connectivity index (χ1v) is 5.26. The molecule has 76 valence electrons. The van der Waals surface area contributed by atoms with E-state index in [-0.39, 0.29) is 5.97 Å². The third kappa shape index (κ3) is 3.70. The van der Waals surface area contributed by atoms with Crippen LogP contribution in [0.5, 0.6) is 0 Å². The molecule has 0 saturated carbocycles. The predicted molar refractivity (Wildman–Crippen MR) is 58.2 cm³/mol. The Morgan fingerprint density at radius 1 is 1.57 bits per heavy atom. The molecular weight excluding hydrogens is 198 g/mol. The maximum Gasteiger partial charge on any atom is 0.306 e. The molecule has 0 spiro atoms. The fourth-order valence-electron chi connectivity index (χ4n) is 0.959. The Bertz CT molecular complexity index is 315. The molecule has 0 atom stereocenters. The van der Waals surface area contributed by atoms with Gasteiger partial charge < -0.3 is 10.5 Å². The van der Waals surface area contributed by atoms with E-state index in [1.54, 1.807) is 11.8 Å². The minimum atomic E-state index is -0.179. The molecule has 14 heavy (non-hydrogen) atoms. The molecule has 1 aromatic rings. The molecule has 1 rings (SSSR count). The number of carbonyl (C=O) groups excluding carboxylic acids is 1. The molecule has 0 amide bonds. The molecule has 0 radical (unpaired) electrons. The van der Waals surface area contributed by atoms with Gasteiger partial charge in [0.15, 0.2) is 0 Å². The molecule has 0 fully saturated rings. The van der Waals surface area contributed by atoms with Crippen molar-refractivity contribution in [2.45, 2.75) is 11.3 Å². The zero-order valence-corrected chi connectivity index (χ0v) is 8.84. The number of rotatable bonds is 4. The highest BCUT2D eigenvalue weighted by Crippen LogP contribution is 2.20. The van der Waals surface area contributed by atoms with E-state index in [0.29, 0.717) is 6.42 Å². The van der Waals surface area contributed by atoms with E-state index in [2.05, 4.69) is 4.74 Å². The molecule has 0 aliphatic rings. The van der Waals surface area contributed by atoms with Crippen LogP contribution in [-0.4, -0.2) is 18.8 Å². The second-order valence-electron chi connectivity index (χ2n) is 2.75. The summed E-state index contributed by atoms with van der Waals surface area (Å²) in [5.41, 5.74) is 6.35. The van der Waals surface area contributed by atoms with Crippen molar-refractivity contribution in [3.8, 4) is 0 Å². The summed E-state index contributed by atoms with van der Waals surface area (Å²) in [6, 6.07) is 7.60. The lowest BCUT2D eigenvalue weighted by molar-refractivity contribution is -0.140. The number of benzene rings is 1.